The molecule has 0 heterocycles. The van der Waals surface area contributed by atoms with Crippen LogP contribution in [0.3, 0.4) is 0 Å². The molecule has 32 heavy (non-hydrogen) atoms. The average Bonchev–Trinajstić information content (AvgIpc) is 2.90. The summed E-state index contributed by atoms with van der Waals surface area (Å²) in [6, 6.07) is 2.27. The minimum absolute atomic E-state index is 0.00360. The molecule has 7 atom stereocenters. The summed E-state index contributed by atoms with van der Waals surface area (Å²) in [5.74, 6) is -2.58. The molecular formula is C23H28O9. The van der Waals surface area contributed by atoms with E-state index in [1.807, 2.05) is 0 Å². The summed E-state index contributed by atoms with van der Waals surface area (Å²) in [4.78, 5) is 24.7. The second-order valence-corrected chi connectivity index (χ2v) is 10.1. The van der Waals surface area contributed by atoms with Crippen LogP contribution in [-0.4, -0.2) is 72.9 Å². The maximum absolute atomic E-state index is 12.8. The molecule has 0 saturated heterocycles. The van der Waals surface area contributed by atoms with Crippen molar-refractivity contribution < 1.29 is 45.0 Å². The van der Waals surface area contributed by atoms with Gasteiger partial charge < -0.3 is 35.4 Å². The summed E-state index contributed by atoms with van der Waals surface area (Å²) < 4.78 is 5.50. The SMILES string of the molecule is Cc1cc(O)cc(O)c1C(=O)O[C@@H]1C[C@]2(C)[C@H]3[C@@H](O)[C@@](C)(CO)C[C@@]3(O)C=C(C=O)[C@]12O. The minimum atomic E-state index is -1.98. The number of fused-ring (bicyclic) bond motifs is 3. The molecular weight excluding hydrogens is 420 g/mol. The van der Waals surface area contributed by atoms with Gasteiger partial charge in [0.15, 0.2) is 0 Å². The van der Waals surface area contributed by atoms with Crippen LogP contribution in [0.1, 0.15) is 42.6 Å². The second kappa shape index (κ2) is 6.77. The summed E-state index contributed by atoms with van der Waals surface area (Å²) in [5, 5.41) is 63.5. The highest BCUT2D eigenvalue weighted by Crippen LogP contribution is 2.69. The predicted molar refractivity (Wildman–Crippen MR) is 110 cm³/mol. The largest absolute Gasteiger partial charge is 0.508 e. The van der Waals surface area contributed by atoms with E-state index in [9.17, 15) is 40.2 Å². The third-order valence-electron chi connectivity index (χ3n) is 7.97. The van der Waals surface area contributed by atoms with Gasteiger partial charge in [0.05, 0.1) is 18.3 Å². The van der Waals surface area contributed by atoms with E-state index >= 15 is 0 Å². The fourth-order valence-electron chi connectivity index (χ4n) is 6.37. The molecule has 9 nitrogen and oxygen atoms in total. The molecule has 174 valence electrons. The van der Waals surface area contributed by atoms with Crippen molar-refractivity contribution in [1.29, 1.82) is 0 Å². The number of ether oxygens (including phenoxy) is 1. The first-order valence-electron chi connectivity index (χ1n) is 10.4. The van der Waals surface area contributed by atoms with E-state index in [1.165, 1.54) is 19.1 Å². The number of rotatable bonds is 4. The maximum Gasteiger partial charge on any atom is 0.342 e. The zero-order valence-electron chi connectivity index (χ0n) is 18.1. The highest BCUT2D eigenvalue weighted by molar-refractivity contribution is 5.94. The third-order valence-corrected chi connectivity index (χ3v) is 7.97. The van der Waals surface area contributed by atoms with Crippen molar-refractivity contribution in [2.45, 2.75) is 57.0 Å². The summed E-state index contributed by atoms with van der Waals surface area (Å²) in [7, 11) is 0. The summed E-state index contributed by atoms with van der Waals surface area (Å²) in [5.41, 5.74) is -5.97. The van der Waals surface area contributed by atoms with E-state index < -0.39 is 58.5 Å². The molecule has 3 aliphatic rings. The topological polar surface area (TPSA) is 165 Å². The molecule has 1 aromatic rings. The molecule has 9 heteroatoms. The maximum atomic E-state index is 12.8. The number of carbonyl (C=O) groups is 2. The Morgan fingerprint density at radius 3 is 2.47 bits per heavy atom. The molecule has 0 bridgehead atoms. The Bertz CT molecular complexity index is 1010. The van der Waals surface area contributed by atoms with E-state index in [-0.39, 0.29) is 35.3 Å². The van der Waals surface area contributed by atoms with Crippen molar-refractivity contribution in [3.05, 3.63) is 34.9 Å². The fourth-order valence-corrected chi connectivity index (χ4v) is 6.37. The van der Waals surface area contributed by atoms with Gasteiger partial charge in [0.1, 0.15) is 35.1 Å². The van der Waals surface area contributed by atoms with Crippen molar-refractivity contribution in [2.24, 2.45) is 16.7 Å². The lowest BCUT2D eigenvalue weighted by Crippen LogP contribution is -2.76. The van der Waals surface area contributed by atoms with Gasteiger partial charge in [-0.3, -0.25) is 4.79 Å². The van der Waals surface area contributed by atoms with E-state index in [0.29, 0.717) is 6.29 Å². The number of aliphatic hydroxyl groups is 4. The normalized spacial score (nSPS) is 42.3. The quantitative estimate of drug-likeness (QED) is 0.281. The molecule has 0 aliphatic heterocycles. The van der Waals surface area contributed by atoms with Crippen LogP contribution in [0.15, 0.2) is 23.8 Å². The number of carbonyl (C=O) groups excluding carboxylic acids is 2. The molecule has 0 aromatic heterocycles. The van der Waals surface area contributed by atoms with E-state index in [4.69, 9.17) is 4.74 Å². The van der Waals surface area contributed by atoms with Gasteiger partial charge in [0.2, 0.25) is 0 Å². The van der Waals surface area contributed by atoms with Gasteiger partial charge in [-0.15, -0.1) is 0 Å². The summed E-state index contributed by atoms with van der Waals surface area (Å²) >= 11 is 0. The van der Waals surface area contributed by atoms with Crippen LogP contribution in [0.5, 0.6) is 11.5 Å². The Morgan fingerprint density at radius 2 is 1.91 bits per heavy atom. The molecule has 0 amide bonds. The molecule has 2 saturated carbocycles. The van der Waals surface area contributed by atoms with Crippen LogP contribution in [0.25, 0.3) is 0 Å². The summed E-state index contributed by atoms with van der Waals surface area (Å²) in [6.07, 6.45) is -0.725. The first-order valence-corrected chi connectivity index (χ1v) is 10.4. The van der Waals surface area contributed by atoms with Crippen LogP contribution in [0.2, 0.25) is 0 Å². The highest BCUT2D eigenvalue weighted by Gasteiger charge is 2.78. The Balaban J connectivity index is 1.72. The number of aliphatic hydroxyl groups excluding tert-OH is 2. The van der Waals surface area contributed by atoms with Crippen molar-refractivity contribution in [2.75, 3.05) is 6.61 Å². The lowest BCUT2D eigenvalue weighted by Gasteiger charge is -2.66. The Morgan fingerprint density at radius 1 is 1.25 bits per heavy atom. The first kappa shape index (κ1) is 22.7. The smallest absolute Gasteiger partial charge is 0.342 e. The van der Waals surface area contributed by atoms with Gasteiger partial charge in [-0.25, -0.2) is 4.79 Å². The number of hydrogen-bond donors (Lipinski definition) is 6. The number of esters is 1. The van der Waals surface area contributed by atoms with Crippen molar-refractivity contribution in [3.63, 3.8) is 0 Å². The molecule has 6 N–H and O–H groups in total. The molecule has 0 radical (unpaired) electrons. The minimum Gasteiger partial charge on any atom is -0.508 e. The molecule has 3 aliphatic carbocycles. The standard InChI is InChI=1S/C23H28O9/c1-11-4-13(26)5-14(27)16(11)19(29)32-15-7-21(3)17-18(28)20(2,10-25)9-22(17,30)6-12(8-24)23(15,21)31/h4-6,8,15,17-18,25-28,30-31H,7,9-10H2,1-3H3/t15-,17-,18-,20-,21-,22+,23+/m1/s1. The van der Waals surface area contributed by atoms with Gasteiger partial charge in [0, 0.05) is 28.4 Å². The number of aryl methyl sites for hydroxylation is 1. The lowest BCUT2D eigenvalue weighted by molar-refractivity contribution is -0.273. The lowest BCUT2D eigenvalue weighted by atomic mass is 9.43. The van der Waals surface area contributed by atoms with Gasteiger partial charge in [-0.1, -0.05) is 13.8 Å². The van der Waals surface area contributed by atoms with Crippen LogP contribution in [-0.2, 0) is 9.53 Å². The Kier molecular flexibility index (Phi) is 4.81. The monoisotopic (exact) mass is 448 g/mol. The van der Waals surface area contributed by atoms with Crippen molar-refractivity contribution >= 4 is 12.3 Å². The van der Waals surface area contributed by atoms with Crippen molar-refractivity contribution in [1.82, 2.24) is 0 Å². The Hall–Kier alpha value is -2.46. The zero-order valence-corrected chi connectivity index (χ0v) is 18.1. The molecule has 0 unspecified atom stereocenters. The fraction of sp³-hybridized carbons (Fsp3) is 0.565. The zero-order chi connectivity index (χ0) is 23.9. The van der Waals surface area contributed by atoms with Crippen LogP contribution in [0, 0.1) is 23.7 Å². The van der Waals surface area contributed by atoms with Crippen LogP contribution >= 0.6 is 0 Å². The Labute approximate surface area is 184 Å². The first-order chi connectivity index (χ1) is 14.8. The predicted octanol–water partition coefficient (Wildman–Crippen LogP) is 0.322. The average molecular weight is 448 g/mol. The number of phenolic OH excluding ortho intramolecular Hbond substituents is 2. The molecule has 1 aromatic carbocycles. The van der Waals surface area contributed by atoms with Gasteiger partial charge >= 0.3 is 5.97 Å². The molecule has 0 spiro atoms. The van der Waals surface area contributed by atoms with Gasteiger partial charge in [0.25, 0.3) is 0 Å². The number of hydrogen-bond acceptors (Lipinski definition) is 9. The van der Waals surface area contributed by atoms with Crippen molar-refractivity contribution in [3.8, 4) is 11.5 Å². The van der Waals surface area contributed by atoms with Gasteiger partial charge in [-0.05, 0) is 37.5 Å². The number of aromatic hydroxyl groups is 2. The number of phenols is 2. The number of benzene rings is 1. The highest BCUT2D eigenvalue weighted by atomic mass is 16.6. The van der Waals surface area contributed by atoms with Crippen LogP contribution in [0.4, 0.5) is 0 Å². The van der Waals surface area contributed by atoms with Crippen LogP contribution < -0.4 is 0 Å². The summed E-state index contributed by atoms with van der Waals surface area (Å²) in [6.45, 7) is 4.33. The number of aldehydes is 1. The molecule has 2 fully saturated rings. The van der Waals surface area contributed by atoms with Gasteiger partial charge in [-0.2, -0.15) is 0 Å². The van der Waals surface area contributed by atoms with E-state index in [1.54, 1.807) is 13.8 Å². The molecule has 4 rings (SSSR count). The third kappa shape index (κ3) is 2.65. The van der Waals surface area contributed by atoms with E-state index in [2.05, 4.69) is 0 Å². The second-order valence-electron chi connectivity index (χ2n) is 10.1. The van der Waals surface area contributed by atoms with E-state index in [0.717, 1.165) is 6.07 Å².